The van der Waals surface area contributed by atoms with Crippen molar-refractivity contribution in [3.05, 3.63) is 62.6 Å². The van der Waals surface area contributed by atoms with Gasteiger partial charge in [-0.1, -0.05) is 29.8 Å². The predicted molar refractivity (Wildman–Crippen MR) is 87.5 cm³/mol. The molecular weight excluding hydrogens is 338 g/mol. The second-order valence-electron chi connectivity index (χ2n) is 4.79. The quantitative estimate of drug-likeness (QED) is 0.866. The van der Waals surface area contributed by atoms with Gasteiger partial charge in [0.25, 0.3) is 0 Å². The standard InChI is InChI=1S/C16H17BrClNO/c1-10-7-12(4-5-14(10)18)15(19)9-11-3-6-16(20-2)13(17)8-11/h3-8,15H,9,19H2,1-2H3. The van der Waals surface area contributed by atoms with Gasteiger partial charge in [-0.15, -0.1) is 0 Å². The maximum atomic E-state index is 6.28. The van der Waals surface area contributed by atoms with Crippen LogP contribution in [0.3, 0.4) is 0 Å². The molecule has 0 aliphatic carbocycles. The molecule has 0 aliphatic heterocycles. The van der Waals surface area contributed by atoms with E-state index in [1.165, 1.54) is 0 Å². The Morgan fingerprint density at radius 1 is 1.25 bits per heavy atom. The van der Waals surface area contributed by atoms with Crippen molar-refractivity contribution in [2.75, 3.05) is 7.11 Å². The Kier molecular flexibility index (Phi) is 5.08. The van der Waals surface area contributed by atoms with Crippen LogP contribution in [0.4, 0.5) is 0 Å². The van der Waals surface area contributed by atoms with Crippen molar-refractivity contribution in [2.45, 2.75) is 19.4 Å². The lowest BCUT2D eigenvalue weighted by Crippen LogP contribution is -2.13. The van der Waals surface area contributed by atoms with E-state index in [9.17, 15) is 0 Å². The summed E-state index contributed by atoms with van der Waals surface area (Å²) >= 11 is 9.53. The summed E-state index contributed by atoms with van der Waals surface area (Å²) in [4.78, 5) is 0. The first-order chi connectivity index (χ1) is 9.51. The second-order valence-corrected chi connectivity index (χ2v) is 6.05. The third kappa shape index (κ3) is 3.54. The lowest BCUT2D eigenvalue weighted by Gasteiger charge is -2.14. The maximum absolute atomic E-state index is 6.28. The number of hydrogen-bond donors (Lipinski definition) is 1. The van der Waals surface area contributed by atoms with Crippen molar-refractivity contribution in [1.29, 1.82) is 0 Å². The van der Waals surface area contributed by atoms with Crippen LogP contribution in [-0.2, 0) is 6.42 Å². The molecule has 0 aromatic heterocycles. The lowest BCUT2D eigenvalue weighted by atomic mass is 9.98. The fraction of sp³-hybridized carbons (Fsp3) is 0.250. The van der Waals surface area contributed by atoms with Gasteiger partial charge in [-0.05, 0) is 64.2 Å². The summed E-state index contributed by atoms with van der Waals surface area (Å²) in [5, 5.41) is 0.771. The van der Waals surface area contributed by atoms with E-state index in [4.69, 9.17) is 22.1 Å². The Hall–Kier alpha value is -1.03. The minimum atomic E-state index is -0.0498. The van der Waals surface area contributed by atoms with E-state index in [1.54, 1.807) is 7.11 Å². The number of rotatable bonds is 4. The second kappa shape index (κ2) is 6.61. The average Bonchev–Trinajstić information content (AvgIpc) is 2.42. The van der Waals surface area contributed by atoms with Crippen LogP contribution < -0.4 is 10.5 Å². The monoisotopic (exact) mass is 353 g/mol. The highest BCUT2D eigenvalue weighted by Gasteiger charge is 2.10. The first-order valence-electron chi connectivity index (χ1n) is 6.35. The molecule has 1 unspecified atom stereocenters. The van der Waals surface area contributed by atoms with Crippen LogP contribution in [0.2, 0.25) is 5.02 Å². The van der Waals surface area contributed by atoms with Gasteiger partial charge in [0.05, 0.1) is 11.6 Å². The van der Waals surface area contributed by atoms with Crippen LogP contribution >= 0.6 is 27.5 Å². The zero-order valence-corrected chi connectivity index (χ0v) is 13.8. The summed E-state index contributed by atoms with van der Waals surface area (Å²) in [5.74, 6) is 0.824. The normalized spacial score (nSPS) is 12.2. The zero-order valence-electron chi connectivity index (χ0n) is 11.5. The molecule has 0 amide bonds. The molecule has 0 bridgehead atoms. The molecule has 2 N–H and O–H groups in total. The highest BCUT2D eigenvalue weighted by molar-refractivity contribution is 9.10. The SMILES string of the molecule is COc1ccc(CC(N)c2ccc(Cl)c(C)c2)cc1Br. The van der Waals surface area contributed by atoms with Crippen molar-refractivity contribution in [2.24, 2.45) is 5.73 Å². The average molecular weight is 355 g/mol. The fourth-order valence-corrected chi connectivity index (χ4v) is 2.81. The molecular formula is C16H17BrClNO. The van der Waals surface area contributed by atoms with Crippen molar-refractivity contribution in [1.82, 2.24) is 0 Å². The lowest BCUT2D eigenvalue weighted by molar-refractivity contribution is 0.412. The van der Waals surface area contributed by atoms with Crippen molar-refractivity contribution in [3.8, 4) is 5.75 Å². The molecule has 2 rings (SSSR count). The number of ether oxygens (including phenoxy) is 1. The van der Waals surface area contributed by atoms with Crippen LogP contribution in [0.15, 0.2) is 40.9 Å². The molecule has 4 heteroatoms. The zero-order chi connectivity index (χ0) is 14.7. The van der Waals surface area contributed by atoms with Crippen molar-refractivity contribution < 1.29 is 4.74 Å². The molecule has 2 aromatic rings. The minimum absolute atomic E-state index is 0.0498. The van der Waals surface area contributed by atoms with E-state index in [0.717, 1.165) is 38.4 Å². The van der Waals surface area contributed by atoms with Crippen molar-refractivity contribution >= 4 is 27.5 Å². The third-order valence-corrected chi connectivity index (χ3v) is 4.33. The van der Waals surface area contributed by atoms with Crippen LogP contribution in [0.1, 0.15) is 22.7 Å². The summed E-state index contributed by atoms with van der Waals surface area (Å²) in [6.07, 6.45) is 0.768. The highest BCUT2D eigenvalue weighted by atomic mass is 79.9. The smallest absolute Gasteiger partial charge is 0.133 e. The van der Waals surface area contributed by atoms with Crippen LogP contribution in [0.5, 0.6) is 5.75 Å². The number of methoxy groups -OCH3 is 1. The summed E-state index contributed by atoms with van der Waals surface area (Å²) in [6, 6.07) is 11.9. The Labute approximate surface area is 133 Å². The number of aryl methyl sites for hydroxylation is 1. The largest absolute Gasteiger partial charge is 0.496 e. The number of nitrogens with two attached hydrogens (primary N) is 1. The van der Waals surface area contributed by atoms with E-state index in [0.29, 0.717) is 0 Å². The number of halogens is 2. The number of hydrogen-bond acceptors (Lipinski definition) is 2. The van der Waals surface area contributed by atoms with Gasteiger partial charge in [0.1, 0.15) is 5.75 Å². The van der Waals surface area contributed by atoms with E-state index >= 15 is 0 Å². The highest BCUT2D eigenvalue weighted by Crippen LogP contribution is 2.28. The van der Waals surface area contributed by atoms with Crippen LogP contribution in [0, 0.1) is 6.92 Å². The first-order valence-corrected chi connectivity index (χ1v) is 7.52. The molecule has 0 saturated carbocycles. The molecule has 0 radical (unpaired) electrons. The third-order valence-electron chi connectivity index (χ3n) is 3.28. The molecule has 0 fully saturated rings. The van der Waals surface area contributed by atoms with Gasteiger partial charge in [0.2, 0.25) is 0 Å². The maximum Gasteiger partial charge on any atom is 0.133 e. The Morgan fingerprint density at radius 3 is 2.60 bits per heavy atom. The molecule has 20 heavy (non-hydrogen) atoms. The molecule has 0 heterocycles. The first kappa shape index (κ1) is 15.4. The molecule has 0 saturated heterocycles. The molecule has 106 valence electrons. The van der Waals surface area contributed by atoms with Gasteiger partial charge in [-0.25, -0.2) is 0 Å². The Balaban J connectivity index is 2.16. The Bertz CT molecular complexity index is 615. The van der Waals surface area contributed by atoms with Crippen LogP contribution in [-0.4, -0.2) is 7.11 Å². The summed E-state index contributed by atoms with van der Waals surface area (Å²) in [5.41, 5.74) is 9.59. The van der Waals surface area contributed by atoms with E-state index in [-0.39, 0.29) is 6.04 Å². The molecule has 0 spiro atoms. The summed E-state index contributed by atoms with van der Waals surface area (Å²) in [6.45, 7) is 1.99. The molecule has 2 nitrogen and oxygen atoms in total. The number of benzene rings is 2. The molecule has 0 aliphatic rings. The van der Waals surface area contributed by atoms with Gasteiger partial charge in [-0.3, -0.25) is 0 Å². The van der Waals surface area contributed by atoms with Crippen LogP contribution in [0.25, 0.3) is 0 Å². The van der Waals surface area contributed by atoms with Gasteiger partial charge >= 0.3 is 0 Å². The van der Waals surface area contributed by atoms with Gasteiger partial charge in [0.15, 0.2) is 0 Å². The molecule has 2 aromatic carbocycles. The van der Waals surface area contributed by atoms with Gasteiger partial charge < -0.3 is 10.5 Å². The fourth-order valence-electron chi connectivity index (χ4n) is 2.11. The van der Waals surface area contributed by atoms with Gasteiger partial charge in [0, 0.05) is 11.1 Å². The van der Waals surface area contributed by atoms with E-state index < -0.39 is 0 Å². The van der Waals surface area contributed by atoms with E-state index in [2.05, 4.69) is 15.9 Å². The molecule has 1 atom stereocenters. The summed E-state index contributed by atoms with van der Waals surface area (Å²) in [7, 11) is 1.65. The van der Waals surface area contributed by atoms with Gasteiger partial charge in [-0.2, -0.15) is 0 Å². The Morgan fingerprint density at radius 2 is 2.00 bits per heavy atom. The van der Waals surface area contributed by atoms with E-state index in [1.807, 2.05) is 43.3 Å². The predicted octanol–water partition coefficient (Wildman–Crippen LogP) is 4.66. The topological polar surface area (TPSA) is 35.2 Å². The minimum Gasteiger partial charge on any atom is -0.496 e. The summed E-state index contributed by atoms with van der Waals surface area (Å²) < 4.78 is 6.17. The van der Waals surface area contributed by atoms with Crippen molar-refractivity contribution in [3.63, 3.8) is 0 Å².